The molecule has 0 amide bonds. The van der Waals surface area contributed by atoms with E-state index in [4.69, 9.17) is 0 Å². The molecule has 0 saturated carbocycles. The van der Waals surface area contributed by atoms with E-state index in [1.54, 1.807) is 0 Å². The summed E-state index contributed by atoms with van der Waals surface area (Å²) in [6, 6.07) is 21.2. The van der Waals surface area contributed by atoms with Gasteiger partial charge in [0, 0.05) is 24.2 Å². The van der Waals surface area contributed by atoms with Crippen molar-refractivity contribution < 1.29 is 4.79 Å². The van der Waals surface area contributed by atoms with Gasteiger partial charge in [0.25, 0.3) is 0 Å². The fourth-order valence-electron chi connectivity index (χ4n) is 4.42. The lowest BCUT2D eigenvalue weighted by Gasteiger charge is -2.24. The topological polar surface area (TPSA) is 29.1 Å². The summed E-state index contributed by atoms with van der Waals surface area (Å²) in [7, 11) is 0. The molecule has 3 aromatic rings. The molecule has 5 rings (SSSR count). The second-order valence-corrected chi connectivity index (χ2v) is 7.64. The fraction of sp³-hybridized carbons (Fsp3) is 0.192. The van der Waals surface area contributed by atoms with Crippen LogP contribution >= 0.6 is 0 Å². The quantitative estimate of drug-likeness (QED) is 0.598. The Morgan fingerprint density at radius 2 is 1.86 bits per heavy atom. The maximum Gasteiger partial charge on any atom is 0.168 e. The first kappa shape index (κ1) is 17.0. The molecule has 2 aliphatic rings. The number of ketones is 1. The fourth-order valence-corrected chi connectivity index (χ4v) is 4.42. The summed E-state index contributed by atoms with van der Waals surface area (Å²) in [5, 5.41) is 5.71. The Bertz CT molecular complexity index is 1120. The van der Waals surface area contributed by atoms with E-state index in [2.05, 4.69) is 72.1 Å². The third-order valence-electron chi connectivity index (χ3n) is 5.83. The van der Waals surface area contributed by atoms with E-state index in [0.29, 0.717) is 6.42 Å². The average molecular weight is 365 g/mol. The van der Waals surface area contributed by atoms with Gasteiger partial charge in [0.05, 0.1) is 0 Å². The molecule has 1 N–H and O–H groups in total. The van der Waals surface area contributed by atoms with Crippen LogP contribution in [0.25, 0.3) is 16.3 Å². The number of hydrogen-bond acceptors (Lipinski definition) is 2. The van der Waals surface area contributed by atoms with Crippen LogP contribution in [0.2, 0.25) is 0 Å². The van der Waals surface area contributed by atoms with Gasteiger partial charge in [0.15, 0.2) is 5.78 Å². The number of fused-ring (bicyclic) bond motifs is 4. The monoisotopic (exact) mass is 365 g/mol. The van der Waals surface area contributed by atoms with Crippen LogP contribution in [0.15, 0.2) is 78.4 Å². The minimum Gasteiger partial charge on any atom is -0.385 e. The zero-order valence-electron chi connectivity index (χ0n) is 15.9. The lowest BCUT2D eigenvalue weighted by Crippen LogP contribution is -2.14. The van der Waals surface area contributed by atoms with Gasteiger partial charge in [-0.15, -0.1) is 0 Å². The van der Waals surface area contributed by atoms with Crippen molar-refractivity contribution >= 4 is 27.8 Å². The number of hydrogen-bond donors (Lipinski definition) is 1. The highest BCUT2D eigenvalue weighted by Gasteiger charge is 2.26. The Hall–Kier alpha value is -3.13. The Morgan fingerprint density at radius 3 is 2.75 bits per heavy atom. The molecule has 2 heteroatoms. The molecule has 0 aliphatic heterocycles. The molecule has 0 fully saturated rings. The Kier molecular flexibility index (Phi) is 4.32. The van der Waals surface area contributed by atoms with Crippen LogP contribution in [0.1, 0.15) is 40.7 Å². The van der Waals surface area contributed by atoms with Crippen LogP contribution < -0.4 is 5.32 Å². The highest BCUT2D eigenvalue weighted by molar-refractivity contribution is 6.16. The van der Waals surface area contributed by atoms with Crippen molar-refractivity contribution in [2.24, 2.45) is 0 Å². The van der Waals surface area contributed by atoms with Gasteiger partial charge >= 0.3 is 0 Å². The molecule has 28 heavy (non-hydrogen) atoms. The van der Waals surface area contributed by atoms with Crippen molar-refractivity contribution in [2.75, 3.05) is 11.9 Å². The van der Waals surface area contributed by atoms with Crippen LogP contribution in [0, 0.1) is 0 Å². The Balaban J connectivity index is 1.43. The summed E-state index contributed by atoms with van der Waals surface area (Å²) < 4.78 is 0. The first-order valence-electron chi connectivity index (χ1n) is 10.1. The standard InChI is InChI=1S/C26H23NO/c28-25-17-19-8-4-5-9-22(19)24-12-10-20-16-21(11-13-23(20)26(24)25)27-15-14-18-6-2-1-3-7-18/h1-3,5-7,9-13,16,27H,4,8,14-15,17H2. The van der Waals surface area contributed by atoms with Gasteiger partial charge in [-0.3, -0.25) is 4.79 Å². The molecular formula is C26H23NO. The molecule has 0 bridgehead atoms. The van der Waals surface area contributed by atoms with Crippen molar-refractivity contribution in [3.8, 4) is 0 Å². The van der Waals surface area contributed by atoms with E-state index >= 15 is 0 Å². The van der Waals surface area contributed by atoms with Gasteiger partial charge in [0.1, 0.15) is 0 Å². The zero-order chi connectivity index (χ0) is 18.9. The van der Waals surface area contributed by atoms with Gasteiger partial charge in [0.2, 0.25) is 0 Å². The van der Waals surface area contributed by atoms with E-state index in [9.17, 15) is 4.79 Å². The maximum atomic E-state index is 12.9. The highest BCUT2D eigenvalue weighted by atomic mass is 16.1. The summed E-state index contributed by atoms with van der Waals surface area (Å²) >= 11 is 0. The van der Waals surface area contributed by atoms with E-state index in [0.717, 1.165) is 53.4 Å². The second kappa shape index (κ2) is 7.12. The van der Waals surface area contributed by atoms with Crippen LogP contribution in [-0.2, 0) is 6.42 Å². The highest BCUT2D eigenvalue weighted by Crippen LogP contribution is 2.40. The maximum absolute atomic E-state index is 12.9. The molecule has 2 nitrogen and oxygen atoms in total. The molecule has 0 unspecified atom stereocenters. The lowest BCUT2D eigenvalue weighted by atomic mass is 9.79. The van der Waals surface area contributed by atoms with E-state index in [1.807, 2.05) is 6.07 Å². The van der Waals surface area contributed by atoms with E-state index < -0.39 is 0 Å². The Labute approximate surface area is 165 Å². The van der Waals surface area contributed by atoms with Crippen LogP contribution in [-0.4, -0.2) is 12.3 Å². The number of carbonyl (C=O) groups excluding carboxylic acids is 1. The van der Waals surface area contributed by atoms with E-state index in [-0.39, 0.29) is 5.78 Å². The lowest BCUT2D eigenvalue weighted by molar-refractivity contribution is 0.0992. The normalized spacial score (nSPS) is 15.5. The SMILES string of the molecule is O=C1CC2=C(C=CCC2)c2ccc3cc(NCCc4ccccc4)ccc3c21. The summed E-state index contributed by atoms with van der Waals surface area (Å²) in [4.78, 5) is 12.9. The summed E-state index contributed by atoms with van der Waals surface area (Å²) in [5.41, 5.74) is 7.02. The minimum atomic E-state index is 0.263. The average Bonchev–Trinajstić information content (AvgIpc) is 2.74. The first-order valence-corrected chi connectivity index (χ1v) is 10.1. The largest absolute Gasteiger partial charge is 0.385 e. The number of anilines is 1. The minimum absolute atomic E-state index is 0.263. The predicted molar refractivity (Wildman–Crippen MR) is 117 cm³/mol. The van der Waals surface area contributed by atoms with Gasteiger partial charge in [-0.05, 0) is 58.9 Å². The molecule has 0 saturated heterocycles. The van der Waals surface area contributed by atoms with Crippen LogP contribution in [0.3, 0.4) is 0 Å². The summed E-state index contributed by atoms with van der Waals surface area (Å²) in [6.45, 7) is 0.889. The van der Waals surface area contributed by atoms with Gasteiger partial charge < -0.3 is 5.32 Å². The van der Waals surface area contributed by atoms with Crippen LogP contribution in [0.5, 0.6) is 0 Å². The molecular weight excluding hydrogens is 342 g/mol. The molecule has 2 aliphatic carbocycles. The number of rotatable bonds is 4. The number of benzene rings is 3. The van der Waals surface area contributed by atoms with Crippen LogP contribution in [0.4, 0.5) is 5.69 Å². The van der Waals surface area contributed by atoms with Crippen molar-refractivity contribution in [2.45, 2.75) is 25.7 Å². The van der Waals surface area contributed by atoms with Crippen molar-refractivity contribution in [1.29, 1.82) is 0 Å². The van der Waals surface area contributed by atoms with Gasteiger partial charge in [-0.1, -0.05) is 66.3 Å². The molecule has 0 radical (unpaired) electrons. The molecule has 3 aromatic carbocycles. The second-order valence-electron chi connectivity index (χ2n) is 7.64. The number of carbonyl (C=O) groups is 1. The summed E-state index contributed by atoms with van der Waals surface area (Å²) in [5.74, 6) is 0.263. The predicted octanol–water partition coefficient (Wildman–Crippen LogP) is 6.18. The van der Waals surface area contributed by atoms with E-state index in [1.165, 1.54) is 16.7 Å². The number of allylic oxidation sites excluding steroid dienone is 4. The molecule has 0 spiro atoms. The first-order chi connectivity index (χ1) is 13.8. The Morgan fingerprint density at radius 1 is 0.964 bits per heavy atom. The molecule has 0 heterocycles. The zero-order valence-corrected chi connectivity index (χ0v) is 15.9. The number of Topliss-reactive ketones (excluding diaryl/α,β-unsaturated/α-hetero) is 1. The van der Waals surface area contributed by atoms with Gasteiger partial charge in [-0.25, -0.2) is 0 Å². The summed E-state index contributed by atoms with van der Waals surface area (Å²) in [6.07, 6.45) is 8.05. The van der Waals surface area contributed by atoms with Gasteiger partial charge in [-0.2, -0.15) is 0 Å². The third-order valence-corrected chi connectivity index (χ3v) is 5.83. The molecule has 0 aromatic heterocycles. The van der Waals surface area contributed by atoms with Crippen molar-refractivity contribution in [3.05, 3.63) is 95.1 Å². The smallest absolute Gasteiger partial charge is 0.168 e. The number of nitrogens with one attached hydrogen (secondary N) is 1. The molecule has 0 atom stereocenters. The van der Waals surface area contributed by atoms with Crippen molar-refractivity contribution in [3.63, 3.8) is 0 Å². The third kappa shape index (κ3) is 3.05. The molecule has 138 valence electrons. The van der Waals surface area contributed by atoms with Crippen molar-refractivity contribution in [1.82, 2.24) is 0 Å².